The molecule has 0 fully saturated rings. The van der Waals surface area contributed by atoms with Crippen molar-refractivity contribution >= 4 is 27.2 Å². The van der Waals surface area contributed by atoms with Crippen molar-refractivity contribution in [2.75, 3.05) is 13.1 Å². The van der Waals surface area contributed by atoms with Crippen LogP contribution in [0.2, 0.25) is 0 Å². The molecule has 0 bridgehead atoms. The highest BCUT2D eigenvalue weighted by atomic mass is 32.1. The van der Waals surface area contributed by atoms with Gasteiger partial charge in [-0.15, -0.1) is 10.2 Å². The van der Waals surface area contributed by atoms with Crippen molar-refractivity contribution in [2.24, 2.45) is 0 Å². The van der Waals surface area contributed by atoms with Crippen LogP contribution in [0, 0.1) is 6.92 Å². The third kappa shape index (κ3) is 2.89. The lowest BCUT2D eigenvalue weighted by Gasteiger charge is -2.15. The number of aryl methyl sites for hydroxylation is 1. The zero-order chi connectivity index (χ0) is 17.4. The summed E-state index contributed by atoms with van der Waals surface area (Å²) in [6.07, 6.45) is 0. The highest BCUT2D eigenvalue weighted by Gasteiger charge is 2.16. The van der Waals surface area contributed by atoms with Gasteiger partial charge in [0.25, 0.3) is 0 Å². The quantitative estimate of drug-likeness (QED) is 0.550. The predicted octanol–water partition coefficient (Wildman–Crippen LogP) is 3.55. The van der Waals surface area contributed by atoms with E-state index in [1.54, 1.807) is 11.3 Å². The van der Waals surface area contributed by atoms with E-state index >= 15 is 0 Å². The number of rotatable bonds is 5. The zero-order valence-electron chi connectivity index (χ0n) is 14.6. The lowest BCUT2D eigenvalue weighted by atomic mass is 10.1. The maximum atomic E-state index is 4.81. The van der Waals surface area contributed by atoms with E-state index in [0.717, 1.165) is 57.6 Å². The van der Waals surface area contributed by atoms with E-state index in [1.165, 1.54) is 0 Å². The van der Waals surface area contributed by atoms with Gasteiger partial charge in [0.05, 0.1) is 12.1 Å². The van der Waals surface area contributed by atoms with Crippen molar-refractivity contribution in [1.29, 1.82) is 0 Å². The molecule has 3 heterocycles. The van der Waals surface area contributed by atoms with E-state index in [-0.39, 0.29) is 0 Å². The Bertz CT molecular complexity index is 1030. The summed E-state index contributed by atoms with van der Waals surface area (Å²) < 4.78 is 1.88. The summed E-state index contributed by atoms with van der Waals surface area (Å²) in [5, 5.41) is 15.5. The Labute approximate surface area is 150 Å². The Morgan fingerprint density at radius 2 is 1.92 bits per heavy atom. The number of benzene rings is 1. The lowest BCUT2D eigenvalue weighted by Crippen LogP contribution is -2.23. The van der Waals surface area contributed by atoms with Gasteiger partial charge in [-0.2, -0.15) is 9.61 Å². The third-order valence-electron chi connectivity index (χ3n) is 4.39. The molecule has 4 rings (SSSR count). The molecule has 25 heavy (non-hydrogen) atoms. The van der Waals surface area contributed by atoms with Crippen LogP contribution in [0.25, 0.3) is 26.4 Å². The maximum absolute atomic E-state index is 4.81. The van der Waals surface area contributed by atoms with Gasteiger partial charge in [-0.05, 0) is 32.1 Å². The molecule has 4 aromatic rings. The van der Waals surface area contributed by atoms with E-state index in [2.05, 4.69) is 46.1 Å². The van der Waals surface area contributed by atoms with Gasteiger partial charge in [0.2, 0.25) is 4.96 Å². The number of fused-ring (bicyclic) bond motifs is 2. The molecule has 0 aliphatic heterocycles. The van der Waals surface area contributed by atoms with Gasteiger partial charge in [0, 0.05) is 16.6 Å². The van der Waals surface area contributed by atoms with Gasteiger partial charge in [-0.3, -0.25) is 9.88 Å². The van der Waals surface area contributed by atoms with Crippen molar-refractivity contribution < 1.29 is 0 Å². The normalized spacial score (nSPS) is 11.8. The third-order valence-corrected chi connectivity index (χ3v) is 5.32. The largest absolute Gasteiger partial charge is 0.296 e. The van der Waals surface area contributed by atoms with Crippen LogP contribution in [-0.4, -0.2) is 42.8 Å². The van der Waals surface area contributed by atoms with Gasteiger partial charge in [-0.1, -0.05) is 43.4 Å². The standard InChI is InChI=1S/C18H20N6S/c1-4-23(5-2)11-16-20-21-18-24(16)22-17(25-18)14-10-12(3)19-15-9-7-6-8-13(14)15/h6-10H,4-5,11H2,1-3H3. The summed E-state index contributed by atoms with van der Waals surface area (Å²) in [5.41, 5.74) is 3.09. The second-order valence-corrected chi connectivity index (χ2v) is 6.96. The number of hydrogen-bond donors (Lipinski definition) is 0. The Kier molecular flexibility index (Phi) is 4.19. The van der Waals surface area contributed by atoms with E-state index in [0.29, 0.717) is 0 Å². The molecule has 0 amide bonds. The zero-order valence-corrected chi connectivity index (χ0v) is 15.4. The first kappa shape index (κ1) is 16.1. The summed E-state index contributed by atoms with van der Waals surface area (Å²) >= 11 is 1.57. The fourth-order valence-electron chi connectivity index (χ4n) is 3.00. The SMILES string of the molecule is CCN(CC)Cc1nnc2sc(-c3cc(C)nc4ccccc34)nn12. The van der Waals surface area contributed by atoms with Gasteiger partial charge in [-0.25, -0.2) is 0 Å². The molecule has 3 aromatic heterocycles. The maximum Gasteiger partial charge on any atom is 0.235 e. The van der Waals surface area contributed by atoms with Crippen LogP contribution in [-0.2, 0) is 6.54 Å². The van der Waals surface area contributed by atoms with E-state index in [1.807, 2.05) is 29.6 Å². The number of hydrogen-bond acceptors (Lipinski definition) is 6. The Morgan fingerprint density at radius 3 is 2.72 bits per heavy atom. The topological polar surface area (TPSA) is 59.2 Å². The molecule has 0 unspecified atom stereocenters. The molecular weight excluding hydrogens is 332 g/mol. The molecular formula is C18H20N6S. The van der Waals surface area contributed by atoms with Crippen molar-refractivity contribution in [3.63, 3.8) is 0 Å². The van der Waals surface area contributed by atoms with Crippen LogP contribution in [0.15, 0.2) is 30.3 Å². The average molecular weight is 352 g/mol. The lowest BCUT2D eigenvalue weighted by molar-refractivity contribution is 0.286. The molecule has 0 aliphatic rings. The Morgan fingerprint density at radius 1 is 1.12 bits per heavy atom. The molecule has 0 saturated heterocycles. The Balaban J connectivity index is 1.82. The van der Waals surface area contributed by atoms with Crippen LogP contribution >= 0.6 is 11.3 Å². The Hall–Kier alpha value is -2.38. The van der Waals surface area contributed by atoms with Crippen molar-refractivity contribution in [3.05, 3.63) is 41.9 Å². The molecule has 0 atom stereocenters. The molecule has 0 spiro atoms. The number of aromatic nitrogens is 5. The number of para-hydroxylation sites is 1. The van der Waals surface area contributed by atoms with E-state index in [9.17, 15) is 0 Å². The van der Waals surface area contributed by atoms with Gasteiger partial charge in [0.1, 0.15) is 5.01 Å². The molecule has 7 heteroatoms. The van der Waals surface area contributed by atoms with Gasteiger partial charge >= 0.3 is 0 Å². The van der Waals surface area contributed by atoms with Crippen LogP contribution < -0.4 is 0 Å². The monoisotopic (exact) mass is 352 g/mol. The molecule has 0 saturated carbocycles. The van der Waals surface area contributed by atoms with Crippen molar-refractivity contribution in [3.8, 4) is 10.6 Å². The highest BCUT2D eigenvalue weighted by molar-refractivity contribution is 7.19. The first-order chi connectivity index (χ1) is 12.2. The molecule has 0 radical (unpaired) electrons. The minimum absolute atomic E-state index is 0.757. The van der Waals surface area contributed by atoms with Crippen LogP contribution in [0.1, 0.15) is 25.4 Å². The first-order valence-electron chi connectivity index (χ1n) is 8.49. The van der Waals surface area contributed by atoms with Crippen LogP contribution in [0.4, 0.5) is 0 Å². The predicted molar refractivity (Wildman–Crippen MR) is 101 cm³/mol. The van der Waals surface area contributed by atoms with Crippen LogP contribution in [0.5, 0.6) is 0 Å². The highest BCUT2D eigenvalue weighted by Crippen LogP contribution is 2.31. The second kappa shape index (κ2) is 6.50. The van der Waals surface area contributed by atoms with Crippen molar-refractivity contribution in [2.45, 2.75) is 27.3 Å². The van der Waals surface area contributed by atoms with E-state index in [4.69, 9.17) is 5.10 Å². The number of pyridine rings is 1. The van der Waals surface area contributed by atoms with Gasteiger partial charge < -0.3 is 0 Å². The average Bonchev–Trinajstić information content (AvgIpc) is 3.20. The molecule has 128 valence electrons. The smallest absolute Gasteiger partial charge is 0.235 e. The molecule has 0 N–H and O–H groups in total. The van der Waals surface area contributed by atoms with Gasteiger partial charge in [0.15, 0.2) is 5.82 Å². The minimum Gasteiger partial charge on any atom is -0.296 e. The summed E-state index contributed by atoms with van der Waals surface area (Å²) in [7, 11) is 0. The van der Waals surface area contributed by atoms with Crippen molar-refractivity contribution in [1.82, 2.24) is 29.7 Å². The van der Waals surface area contributed by atoms with E-state index < -0.39 is 0 Å². The fourth-order valence-corrected chi connectivity index (χ4v) is 3.89. The summed E-state index contributed by atoms with van der Waals surface area (Å²) in [6, 6.07) is 10.3. The summed E-state index contributed by atoms with van der Waals surface area (Å²) in [5.74, 6) is 0.885. The summed E-state index contributed by atoms with van der Waals surface area (Å²) in [6.45, 7) is 9.04. The minimum atomic E-state index is 0.757. The number of nitrogens with zero attached hydrogens (tertiary/aromatic N) is 6. The first-order valence-corrected chi connectivity index (χ1v) is 9.31. The molecule has 6 nitrogen and oxygen atoms in total. The fraction of sp³-hybridized carbons (Fsp3) is 0.333. The molecule has 1 aromatic carbocycles. The summed E-state index contributed by atoms with van der Waals surface area (Å²) in [4.78, 5) is 7.75. The molecule has 0 aliphatic carbocycles. The van der Waals surface area contributed by atoms with Crippen LogP contribution in [0.3, 0.4) is 0 Å². The second-order valence-electron chi connectivity index (χ2n) is 6.01.